The molecule has 0 atom stereocenters. The number of halogens is 1. The third-order valence-corrected chi connectivity index (χ3v) is 1.58. The summed E-state index contributed by atoms with van der Waals surface area (Å²) in [5.74, 6) is -1.79. The Bertz CT molecular complexity index is 343. The molecule has 74 valence electrons. The molecular formula is C10H9FO3. The Morgan fingerprint density at radius 3 is 2.36 bits per heavy atom. The Morgan fingerprint density at radius 2 is 1.86 bits per heavy atom. The SMILES string of the molecule is CCC(=O)OC(=O)c1ccc(F)cc1. The molecule has 1 aromatic rings. The van der Waals surface area contributed by atoms with Crippen LogP contribution in [0.5, 0.6) is 0 Å². The molecule has 0 bridgehead atoms. The van der Waals surface area contributed by atoms with E-state index in [9.17, 15) is 14.0 Å². The van der Waals surface area contributed by atoms with Gasteiger partial charge in [0.05, 0.1) is 5.56 Å². The molecule has 1 rings (SSSR count). The molecule has 0 heterocycles. The van der Waals surface area contributed by atoms with E-state index in [1.54, 1.807) is 6.92 Å². The summed E-state index contributed by atoms with van der Waals surface area (Å²) in [5, 5.41) is 0. The Kier molecular flexibility index (Phi) is 3.34. The van der Waals surface area contributed by atoms with Crippen LogP contribution in [0.4, 0.5) is 4.39 Å². The van der Waals surface area contributed by atoms with E-state index in [1.807, 2.05) is 0 Å². The standard InChI is InChI=1S/C10H9FO3/c1-2-9(12)14-10(13)7-3-5-8(11)6-4-7/h3-6H,2H2,1H3. The smallest absolute Gasteiger partial charge is 0.345 e. The third-order valence-electron chi connectivity index (χ3n) is 1.58. The minimum Gasteiger partial charge on any atom is -0.389 e. The van der Waals surface area contributed by atoms with Crippen molar-refractivity contribution in [3.63, 3.8) is 0 Å². The van der Waals surface area contributed by atoms with Crippen LogP contribution < -0.4 is 0 Å². The van der Waals surface area contributed by atoms with Gasteiger partial charge in [-0.25, -0.2) is 9.18 Å². The molecule has 0 unspecified atom stereocenters. The second kappa shape index (κ2) is 4.50. The van der Waals surface area contributed by atoms with E-state index >= 15 is 0 Å². The molecule has 0 radical (unpaired) electrons. The van der Waals surface area contributed by atoms with Crippen LogP contribution in [-0.4, -0.2) is 11.9 Å². The first-order chi connectivity index (χ1) is 6.63. The van der Waals surface area contributed by atoms with Crippen LogP contribution in [0.2, 0.25) is 0 Å². The molecule has 1 aromatic carbocycles. The monoisotopic (exact) mass is 196 g/mol. The van der Waals surface area contributed by atoms with Gasteiger partial charge in [0.1, 0.15) is 5.82 Å². The van der Waals surface area contributed by atoms with Gasteiger partial charge in [0.25, 0.3) is 0 Å². The van der Waals surface area contributed by atoms with Gasteiger partial charge in [0, 0.05) is 6.42 Å². The van der Waals surface area contributed by atoms with Crippen molar-refractivity contribution >= 4 is 11.9 Å². The van der Waals surface area contributed by atoms with Crippen molar-refractivity contribution in [1.29, 1.82) is 0 Å². The molecule has 0 aliphatic heterocycles. The van der Waals surface area contributed by atoms with Crippen molar-refractivity contribution in [1.82, 2.24) is 0 Å². The highest BCUT2D eigenvalue weighted by molar-refractivity contribution is 5.96. The average molecular weight is 196 g/mol. The molecule has 0 saturated heterocycles. The van der Waals surface area contributed by atoms with E-state index in [0.29, 0.717) is 0 Å². The summed E-state index contributed by atoms with van der Waals surface area (Å²) in [6.07, 6.45) is 0.132. The summed E-state index contributed by atoms with van der Waals surface area (Å²) >= 11 is 0. The van der Waals surface area contributed by atoms with E-state index in [-0.39, 0.29) is 12.0 Å². The van der Waals surface area contributed by atoms with Crippen LogP contribution >= 0.6 is 0 Å². The summed E-state index contributed by atoms with van der Waals surface area (Å²) in [4.78, 5) is 21.9. The van der Waals surface area contributed by atoms with Gasteiger partial charge in [-0.3, -0.25) is 4.79 Å². The zero-order valence-corrected chi connectivity index (χ0v) is 7.62. The molecule has 0 amide bonds. The van der Waals surface area contributed by atoms with Crippen LogP contribution in [0.25, 0.3) is 0 Å². The van der Waals surface area contributed by atoms with Gasteiger partial charge in [-0.1, -0.05) is 6.92 Å². The molecule has 4 heteroatoms. The highest BCUT2D eigenvalue weighted by Crippen LogP contribution is 2.04. The maximum Gasteiger partial charge on any atom is 0.345 e. The Labute approximate surface area is 80.5 Å². The predicted molar refractivity (Wildman–Crippen MR) is 47.1 cm³/mol. The number of esters is 2. The first-order valence-electron chi connectivity index (χ1n) is 4.14. The van der Waals surface area contributed by atoms with Crippen molar-refractivity contribution in [3.05, 3.63) is 35.6 Å². The molecule has 14 heavy (non-hydrogen) atoms. The zero-order chi connectivity index (χ0) is 10.6. The van der Waals surface area contributed by atoms with Crippen LogP contribution in [0.15, 0.2) is 24.3 Å². The molecular weight excluding hydrogens is 187 g/mol. The summed E-state index contributed by atoms with van der Waals surface area (Å²) in [6, 6.07) is 4.79. The number of carbonyl (C=O) groups excluding carboxylic acids is 2. The van der Waals surface area contributed by atoms with Gasteiger partial charge in [-0.05, 0) is 24.3 Å². The average Bonchev–Trinajstić information content (AvgIpc) is 2.18. The van der Waals surface area contributed by atoms with E-state index in [2.05, 4.69) is 4.74 Å². The van der Waals surface area contributed by atoms with Crippen LogP contribution in [0.1, 0.15) is 23.7 Å². The molecule has 0 aromatic heterocycles. The minimum absolute atomic E-state index is 0.132. The van der Waals surface area contributed by atoms with Crippen molar-refractivity contribution in [2.24, 2.45) is 0 Å². The lowest BCUT2D eigenvalue weighted by atomic mass is 10.2. The number of hydrogen-bond acceptors (Lipinski definition) is 3. The zero-order valence-electron chi connectivity index (χ0n) is 7.62. The molecule has 0 aliphatic rings. The maximum atomic E-state index is 12.5. The highest BCUT2D eigenvalue weighted by atomic mass is 19.1. The largest absolute Gasteiger partial charge is 0.389 e. The highest BCUT2D eigenvalue weighted by Gasteiger charge is 2.10. The van der Waals surface area contributed by atoms with Crippen molar-refractivity contribution in [2.45, 2.75) is 13.3 Å². The summed E-state index contributed by atoms with van der Waals surface area (Å²) in [5.41, 5.74) is 0.160. The lowest BCUT2D eigenvalue weighted by Crippen LogP contribution is -2.11. The summed E-state index contributed by atoms with van der Waals surface area (Å²) < 4.78 is 16.9. The molecule has 0 spiro atoms. The Morgan fingerprint density at radius 1 is 1.29 bits per heavy atom. The van der Waals surface area contributed by atoms with Gasteiger partial charge < -0.3 is 4.74 Å². The van der Waals surface area contributed by atoms with Crippen molar-refractivity contribution < 1.29 is 18.7 Å². The fourth-order valence-electron chi connectivity index (χ4n) is 0.820. The van der Waals surface area contributed by atoms with Crippen molar-refractivity contribution in [2.75, 3.05) is 0 Å². The topological polar surface area (TPSA) is 43.4 Å². The van der Waals surface area contributed by atoms with E-state index < -0.39 is 17.8 Å². The molecule has 0 fully saturated rings. The predicted octanol–water partition coefficient (Wildman–Crippen LogP) is 1.92. The number of hydrogen-bond donors (Lipinski definition) is 0. The first-order valence-corrected chi connectivity index (χ1v) is 4.14. The van der Waals surface area contributed by atoms with E-state index in [4.69, 9.17) is 0 Å². The van der Waals surface area contributed by atoms with E-state index in [1.165, 1.54) is 12.1 Å². The quantitative estimate of drug-likeness (QED) is 0.536. The molecule has 0 N–H and O–H groups in total. The van der Waals surface area contributed by atoms with E-state index in [0.717, 1.165) is 12.1 Å². The minimum atomic E-state index is -0.753. The molecule has 3 nitrogen and oxygen atoms in total. The molecule has 0 saturated carbocycles. The van der Waals surface area contributed by atoms with Gasteiger partial charge in [0.2, 0.25) is 0 Å². The fourth-order valence-corrected chi connectivity index (χ4v) is 0.820. The van der Waals surface area contributed by atoms with Crippen LogP contribution in [0, 0.1) is 5.82 Å². The van der Waals surface area contributed by atoms with Gasteiger partial charge in [-0.2, -0.15) is 0 Å². The Balaban J connectivity index is 2.70. The van der Waals surface area contributed by atoms with Gasteiger partial charge in [0.15, 0.2) is 0 Å². The summed E-state index contributed by atoms with van der Waals surface area (Å²) in [7, 11) is 0. The lowest BCUT2D eigenvalue weighted by molar-refractivity contribution is -0.137. The van der Waals surface area contributed by atoms with Crippen LogP contribution in [0.3, 0.4) is 0 Å². The summed E-state index contributed by atoms with van der Waals surface area (Å²) in [6.45, 7) is 1.58. The van der Waals surface area contributed by atoms with Crippen molar-refractivity contribution in [3.8, 4) is 0 Å². The number of rotatable bonds is 2. The van der Waals surface area contributed by atoms with Gasteiger partial charge >= 0.3 is 11.9 Å². The first kappa shape index (κ1) is 10.4. The number of carbonyl (C=O) groups is 2. The maximum absolute atomic E-state index is 12.5. The normalized spacial score (nSPS) is 9.57. The second-order valence-corrected chi connectivity index (χ2v) is 2.62. The fraction of sp³-hybridized carbons (Fsp3) is 0.200. The second-order valence-electron chi connectivity index (χ2n) is 2.62. The third kappa shape index (κ3) is 2.65. The van der Waals surface area contributed by atoms with Gasteiger partial charge in [-0.15, -0.1) is 0 Å². The van der Waals surface area contributed by atoms with Crippen LogP contribution in [-0.2, 0) is 9.53 Å². The molecule has 0 aliphatic carbocycles. The Hall–Kier alpha value is -1.71. The lowest BCUT2D eigenvalue weighted by Gasteiger charge is -2.00. The number of ether oxygens (including phenoxy) is 1. The number of benzene rings is 1.